The number of hydrogen-bond acceptors (Lipinski definition) is 5. The van der Waals surface area contributed by atoms with Gasteiger partial charge in [0.05, 0.1) is 11.9 Å². The fourth-order valence-electron chi connectivity index (χ4n) is 1.85. The summed E-state index contributed by atoms with van der Waals surface area (Å²) in [5.74, 6) is -0.405. The van der Waals surface area contributed by atoms with E-state index < -0.39 is 17.3 Å². The van der Waals surface area contributed by atoms with Gasteiger partial charge in [-0.15, -0.1) is 0 Å². The van der Waals surface area contributed by atoms with Gasteiger partial charge in [0.1, 0.15) is 5.82 Å². The Morgan fingerprint density at radius 3 is 3.00 bits per heavy atom. The first kappa shape index (κ1) is 12.9. The summed E-state index contributed by atoms with van der Waals surface area (Å²) in [6.07, 6.45) is 0. The molecule has 0 atom stereocenters. The molecule has 7 heteroatoms. The van der Waals surface area contributed by atoms with Crippen LogP contribution in [0.4, 0.5) is 4.39 Å². The molecule has 1 aliphatic heterocycles. The van der Waals surface area contributed by atoms with E-state index in [1.165, 1.54) is 36.0 Å². The van der Waals surface area contributed by atoms with Crippen molar-refractivity contribution in [3.8, 4) is 0 Å². The van der Waals surface area contributed by atoms with Crippen LogP contribution in [-0.4, -0.2) is 23.4 Å². The Morgan fingerprint density at radius 1 is 1.40 bits per heavy atom. The number of thioether (sulfide) groups is 1. The van der Waals surface area contributed by atoms with Crippen molar-refractivity contribution >= 4 is 33.6 Å². The van der Waals surface area contributed by atoms with Crippen molar-refractivity contribution in [1.29, 1.82) is 0 Å². The van der Waals surface area contributed by atoms with Crippen molar-refractivity contribution in [2.75, 3.05) is 12.3 Å². The Morgan fingerprint density at radius 2 is 2.25 bits per heavy atom. The second kappa shape index (κ2) is 5.09. The number of nitrogens with one attached hydrogen (secondary N) is 1. The number of fused-ring (bicyclic) bond motifs is 1. The summed E-state index contributed by atoms with van der Waals surface area (Å²) in [5.41, 5.74) is -0.673. The number of halogens is 1. The van der Waals surface area contributed by atoms with Crippen LogP contribution in [0.2, 0.25) is 0 Å². The van der Waals surface area contributed by atoms with Crippen molar-refractivity contribution in [2.24, 2.45) is 4.99 Å². The van der Waals surface area contributed by atoms with Gasteiger partial charge in [-0.25, -0.2) is 9.18 Å². The molecule has 3 rings (SSSR count). The van der Waals surface area contributed by atoms with E-state index in [0.717, 1.165) is 5.75 Å². The lowest BCUT2D eigenvalue weighted by Crippen LogP contribution is -2.28. The van der Waals surface area contributed by atoms with E-state index in [0.29, 0.717) is 17.1 Å². The average molecular weight is 292 g/mol. The van der Waals surface area contributed by atoms with Gasteiger partial charge in [-0.3, -0.25) is 15.1 Å². The summed E-state index contributed by atoms with van der Waals surface area (Å²) in [5, 5.41) is 3.60. The molecule has 1 N–H and O–H groups in total. The molecule has 102 valence electrons. The zero-order valence-electron chi connectivity index (χ0n) is 10.2. The third-order valence-corrected chi connectivity index (χ3v) is 3.64. The first-order valence-electron chi connectivity index (χ1n) is 5.85. The lowest BCUT2D eigenvalue weighted by molar-refractivity contribution is 0.0947. The summed E-state index contributed by atoms with van der Waals surface area (Å²) in [4.78, 5) is 27.8. The van der Waals surface area contributed by atoms with Crippen LogP contribution in [0.1, 0.15) is 10.6 Å². The van der Waals surface area contributed by atoms with Crippen LogP contribution in [0.15, 0.2) is 38.5 Å². The van der Waals surface area contributed by atoms with Gasteiger partial charge in [0.25, 0.3) is 5.91 Å². The SMILES string of the molecule is O=C(NC1=NCCS1)c1cc2cc(F)ccc2c(=O)o1. The van der Waals surface area contributed by atoms with Crippen molar-refractivity contribution in [3.63, 3.8) is 0 Å². The highest BCUT2D eigenvalue weighted by molar-refractivity contribution is 8.14. The lowest BCUT2D eigenvalue weighted by Gasteiger charge is -2.04. The number of carbonyl (C=O) groups excluding carboxylic acids is 1. The number of nitrogens with zero attached hydrogens (tertiary/aromatic N) is 1. The number of amides is 1. The lowest BCUT2D eigenvalue weighted by atomic mass is 10.1. The number of amidine groups is 1. The molecule has 1 aliphatic rings. The minimum atomic E-state index is -0.673. The molecular formula is C13H9FN2O3S. The van der Waals surface area contributed by atoms with E-state index in [1.807, 2.05) is 0 Å². The van der Waals surface area contributed by atoms with Gasteiger partial charge in [-0.1, -0.05) is 11.8 Å². The fourth-order valence-corrected chi connectivity index (χ4v) is 2.57. The standard InChI is InChI=1S/C13H9FN2O3S/c14-8-1-2-9-7(5-8)6-10(19-12(9)18)11(17)16-13-15-3-4-20-13/h1-2,5-6H,3-4H2,(H,15,16,17). The molecule has 1 amide bonds. The van der Waals surface area contributed by atoms with Gasteiger partial charge in [-0.05, 0) is 29.7 Å². The van der Waals surface area contributed by atoms with E-state index in [4.69, 9.17) is 4.42 Å². The molecule has 1 aromatic heterocycles. The number of benzene rings is 1. The Labute approximate surface area is 116 Å². The zero-order valence-corrected chi connectivity index (χ0v) is 11.0. The maximum atomic E-state index is 13.2. The number of hydrogen-bond donors (Lipinski definition) is 1. The molecule has 0 fully saturated rings. The Hall–Kier alpha value is -2.15. The Bertz CT molecular complexity index is 785. The minimum absolute atomic E-state index is 0.164. The number of aliphatic imine (C=N–C) groups is 1. The van der Waals surface area contributed by atoms with Crippen LogP contribution in [-0.2, 0) is 0 Å². The highest BCUT2D eigenvalue weighted by Crippen LogP contribution is 2.15. The van der Waals surface area contributed by atoms with Crippen LogP contribution >= 0.6 is 11.8 Å². The van der Waals surface area contributed by atoms with Crippen LogP contribution < -0.4 is 10.9 Å². The van der Waals surface area contributed by atoms with Crippen molar-refractivity contribution in [2.45, 2.75) is 0 Å². The molecule has 2 heterocycles. The molecule has 0 saturated heterocycles. The molecule has 0 aliphatic carbocycles. The molecule has 2 aromatic rings. The molecule has 0 spiro atoms. The molecule has 0 saturated carbocycles. The van der Waals surface area contributed by atoms with Gasteiger partial charge < -0.3 is 4.42 Å². The summed E-state index contributed by atoms with van der Waals surface area (Å²) in [7, 11) is 0. The predicted molar refractivity (Wildman–Crippen MR) is 74.7 cm³/mol. The smallest absolute Gasteiger partial charge is 0.344 e. The van der Waals surface area contributed by atoms with E-state index >= 15 is 0 Å². The van der Waals surface area contributed by atoms with Gasteiger partial charge in [0.15, 0.2) is 10.9 Å². The topological polar surface area (TPSA) is 71.7 Å². The minimum Gasteiger partial charge on any atom is -0.417 e. The van der Waals surface area contributed by atoms with Crippen LogP contribution in [0.3, 0.4) is 0 Å². The number of carbonyl (C=O) groups is 1. The Kier molecular flexibility index (Phi) is 3.27. The second-order valence-corrected chi connectivity index (χ2v) is 5.20. The largest absolute Gasteiger partial charge is 0.417 e. The van der Waals surface area contributed by atoms with E-state index in [2.05, 4.69) is 10.3 Å². The van der Waals surface area contributed by atoms with E-state index in [1.54, 1.807) is 0 Å². The van der Waals surface area contributed by atoms with Gasteiger partial charge in [0, 0.05) is 5.75 Å². The molecule has 20 heavy (non-hydrogen) atoms. The second-order valence-electron chi connectivity index (χ2n) is 4.12. The molecule has 0 bridgehead atoms. The zero-order chi connectivity index (χ0) is 14.1. The van der Waals surface area contributed by atoms with Crippen molar-refractivity contribution < 1.29 is 13.6 Å². The number of rotatable bonds is 1. The highest BCUT2D eigenvalue weighted by Gasteiger charge is 2.16. The first-order valence-corrected chi connectivity index (χ1v) is 6.84. The van der Waals surface area contributed by atoms with Crippen molar-refractivity contribution in [1.82, 2.24) is 5.32 Å². The summed E-state index contributed by atoms with van der Waals surface area (Å²) in [6.45, 7) is 0.646. The summed E-state index contributed by atoms with van der Waals surface area (Å²) < 4.78 is 18.1. The maximum Gasteiger partial charge on any atom is 0.344 e. The molecule has 1 aromatic carbocycles. The quantitative estimate of drug-likeness (QED) is 0.869. The predicted octanol–water partition coefficient (Wildman–Crippen LogP) is 1.76. The van der Waals surface area contributed by atoms with Crippen molar-refractivity contribution in [3.05, 3.63) is 46.3 Å². The summed E-state index contributed by atoms with van der Waals surface area (Å²) >= 11 is 1.41. The summed E-state index contributed by atoms with van der Waals surface area (Å²) in [6, 6.07) is 5.03. The third-order valence-electron chi connectivity index (χ3n) is 2.75. The molecular weight excluding hydrogens is 283 g/mol. The Balaban J connectivity index is 1.99. The fraction of sp³-hybridized carbons (Fsp3) is 0.154. The maximum absolute atomic E-state index is 13.2. The van der Waals surface area contributed by atoms with Crippen LogP contribution in [0, 0.1) is 5.82 Å². The molecule has 0 radical (unpaired) electrons. The van der Waals surface area contributed by atoms with Gasteiger partial charge in [0.2, 0.25) is 0 Å². The first-order chi connectivity index (χ1) is 9.63. The monoisotopic (exact) mass is 292 g/mol. The van der Waals surface area contributed by atoms with E-state index in [9.17, 15) is 14.0 Å². The average Bonchev–Trinajstić information content (AvgIpc) is 2.90. The van der Waals surface area contributed by atoms with Crippen LogP contribution in [0.5, 0.6) is 0 Å². The van der Waals surface area contributed by atoms with Crippen LogP contribution in [0.25, 0.3) is 10.8 Å². The van der Waals surface area contributed by atoms with E-state index in [-0.39, 0.29) is 11.1 Å². The third kappa shape index (κ3) is 2.44. The van der Waals surface area contributed by atoms with Gasteiger partial charge in [-0.2, -0.15) is 0 Å². The van der Waals surface area contributed by atoms with Gasteiger partial charge >= 0.3 is 5.63 Å². The normalized spacial score (nSPS) is 14.3. The molecule has 5 nitrogen and oxygen atoms in total. The highest BCUT2D eigenvalue weighted by atomic mass is 32.2. The molecule has 0 unspecified atom stereocenters.